The van der Waals surface area contributed by atoms with Crippen LogP contribution >= 0.6 is 27.5 Å². The topological polar surface area (TPSA) is 105 Å². The Morgan fingerprint density at radius 1 is 1.03 bits per heavy atom. The number of hydrogen-bond acceptors (Lipinski definition) is 5. The molecule has 0 aliphatic heterocycles. The van der Waals surface area contributed by atoms with E-state index in [4.69, 9.17) is 21.1 Å². The number of H-pyrrole nitrogens is 1. The third-order valence-corrected chi connectivity index (χ3v) is 5.90. The lowest BCUT2D eigenvalue weighted by atomic mass is 10.0. The number of amides is 2. The maximum atomic E-state index is 13.1. The highest BCUT2D eigenvalue weighted by Gasteiger charge is 2.24. The Morgan fingerprint density at radius 3 is 2.39 bits per heavy atom. The molecule has 0 radical (unpaired) electrons. The number of carbonyl (C=O) groups is 2. The van der Waals surface area contributed by atoms with E-state index < -0.39 is 11.8 Å². The Hall–Kier alpha value is -3.56. The van der Waals surface area contributed by atoms with Crippen molar-refractivity contribution in [1.29, 1.82) is 0 Å². The Balaban J connectivity index is 1.73. The van der Waals surface area contributed by atoms with Gasteiger partial charge in [0, 0.05) is 39.7 Å². The molecule has 0 saturated carbocycles. The number of pyridine rings is 1. The first-order chi connectivity index (χ1) is 15.9. The molecule has 0 aliphatic rings. The van der Waals surface area contributed by atoms with Crippen LogP contribution in [0.2, 0.25) is 5.02 Å². The van der Waals surface area contributed by atoms with Crippen LogP contribution in [0.5, 0.6) is 11.5 Å². The molecule has 8 nitrogen and oxygen atoms in total. The number of methoxy groups -OCH3 is 2. The molecule has 0 atom stereocenters. The average molecular weight is 530 g/mol. The zero-order valence-corrected chi connectivity index (χ0v) is 19.9. The van der Waals surface area contributed by atoms with Gasteiger partial charge in [-0.1, -0.05) is 23.7 Å². The number of aromatic nitrogens is 2. The zero-order chi connectivity index (χ0) is 23.5. The van der Waals surface area contributed by atoms with Crippen molar-refractivity contribution >= 4 is 50.2 Å². The maximum Gasteiger partial charge on any atom is 0.275 e. The van der Waals surface area contributed by atoms with Gasteiger partial charge in [-0.05, 0) is 39.7 Å². The van der Waals surface area contributed by atoms with Gasteiger partial charge in [0.1, 0.15) is 17.1 Å². The molecule has 0 bridgehead atoms. The minimum atomic E-state index is -0.567. The molecule has 2 heterocycles. The second kappa shape index (κ2) is 9.51. The number of ether oxygens (including phenoxy) is 2. The van der Waals surface area contributed by atoms with E-state index in [1.165, 1.54) is 25.6 Å². The van der Waals surface area contributed by atoms with Crippen LogP contribution in [0.25, 0.3) is 22.0 Å². The smallest absolute Gasteiger partial charge is 0.275 e. The Kier molecular flexibility index (Phi) is 6.52. The van der Waals surface area contributed by atoms with E-state index in [9.17, 15) is 9.59 Å². The summed E-state index contributed by atoms with van der Waals surface area (Å²) in [7, 11) is 2.99. The molecule has 2 amide bonds. The van der Waals surface area contributed by atoms with Crippen molar-refractivity contribution in [3.8, 4) is 22.6 Å². The summed E-state index contributed by atoms with van der Waals surface area (Å²) >= 11 is 9.29. The quantitative estimate of drug-likeness (QED) is 0.324. The average Bonchev–Trinajstić information content (AvgIpc) is 3.27. The number of hydrazine groups is 1. The fourth-order valence-electron chi connectivity index (χ4n) is 3.47. The molecule has 3 N–H and O–H groups in total. The van der Waals surface area contributed by atoms with E-state index in [-0.39, 0.29) is 11.3 Å². The second-order valence-electron chi connectivity index (χ2n) is 6.88. The van der Waals surface area contributed by atoms with Gasteiger partial charge in [0.05, 0.1) is 30.7 Å². The summed E-state index contributed by atoms with van der Waals surface area (Å²) in [5.41, 5.74) is 7.59. The molecule has 4 rings (SSSR count). The number of hydrogen-bond donors (Lipinski definition) is 3. The first-order valence-electron chi connectivity index (χ1n) is 9.66. The summed E-state index contributed by atoms with van der Waals surface area (Å²) in [4.78, 5) is 32.7. The van der Waals surface area contributed by atoms with Crippen molar-refractivity contribution in [3.05, 3.63) is 75.6 Å². The molecule has 0 unspecified atom stereocenters. The van der Waals surface area contributed by atoms with Crippen molar-refractivity contribution in [2.75, 3.05) is 14.2 Å². The van der Waals surface area contributed by atoms with Crippen molar-refractivity contribution in [2.45, 2.75) is 0 Å². The lowest BCUT2D eigenvalue weighted by molar-refractivity contribution is 0.0845. The van der Waals surface area contributed by atoms with Gasteiger partial charge in [0.25, 0.3) is 11.8 Å². The number of benzene rings is 2. The normalized spacial score (nSPS) is 10.7. The number of nitrogens with zero attached hydrogens (tertiary/aromatic N) is 1. The lowest BCUT2D eigenvalue weighted by Gasteiger charge is -2.14. The lowest BCUT2D eigenvalue weighted by Crippen LogP contribution is -2.42. The molecule has 2 aromatic carbocycles. The number of rotatable bonds is 5. The first kappa shape index (κ1) is 22.6. The van der Waals surface area contributed by atoms with Crippen LogP contribution in [0, 0.1) is 0 Å². The largest absolute Gasteiger partial charge is 0.496 e. The molecular weight excluding hydrogens is 512 g/mol. The minimum Gasteiger partial charge on any atom is -0.496 e. The van der Waals surface area contributed by atoms with E-state index in [0.717, 1.165) is 11.1 Å². The van der Waals surface area contributed by atoms with Crippen LogP contribution in [-0.2, 0) is 0 Å². The Labute approximate surface area is 202 Å². The van der Waals surface area contributed by atoms with Crippen molar-refractivity contribution < 1.29 is 19.1 Å². The second-order valence-corrected chi connectivity index (χ2v) is 8.17. The highest BCUT2D eigenvalue weighted by atomic mass is 79.9. The number of nitrogens with one attached hydrogen (secondary N) is 3. The number of carbonyl (C=O) groups excluding carboxylic acids is 2. The SMILES string of the molecule is COc1cc(OC)c2c(-c3ccc(Cl)cc3)c[nH]c2c1C(=O)NNC(=O)c1ccncc1Br. The summed E-state index contributed by atoms with van der Waals surface area (Å²) in [6.45, 7) is 0. The molecular formula is C23H18BrClN4O4. The monoisotopic (exact) mass is 528 g/mol. The minimum absolute atomic E-state index is 0.211. The first-order valence-corrected chi connectivity index (χ1v) is 10.8. The molecule has 0 fully saturated rings. The van der Waals surface area contributed by atoms with E-state index in [1.807, 2.05) is 12.1 Å². The summed E-state index contributed by atoms with van der Waals surface area (Å²) in [6, 6.07) is 10.5. The fraction of sp³-hybridized carbons (Fsp3) is 0.0870. The molecule has 0 aliphatic carbocycles. The molecule has 168 valence electrons. The van der Waals surface area contributed by atoms with Crippen LogP contribution in [0.15, 0.2) is 59.5 Å². The predicted molar refractivity (Wildman–Crippen MR) is 129 cm³/mol. The Morgan fingerprint density at radius 2 is 1.73 bits per heavy atom. The van der Waals surface area contributed by atoms with E-state index in [1.54, 1.807) is 31.5 Å². The van der Waals surface area contributed by atoms with Gasteiger partial charge in [0.2, 0.25) is 0 Å². The van der Waals surface area contributed by atoms with Gasteiger partial charge < -0.3 is 14.5 Å². The third-order valence-electron chi connectivity index (χ3n) is 5.01. The van der Waals surface area contributed by atoms with Crippen molar-refractivity contribution in [2.24, 2.45) is 0 Å². The number of aromatic amines is 1. The van der Waals surface area contributed by atoms with Gasteiger partial charge in [-0.15, -0.1) is 0 Å². The molecule has 0 saturated heterocycles. The predicted octanol–water partition coefficient (Wildman–Crippen LogP) is 4.74. The Bertz CT molecular complexity index is 1350. The molecule has 4 aromatic rings. The maximum absolute atomic E-state index is 13.1. The van der Waals surface area contributed by atoms with Gasteiger partial charge >= 0.3 is 0 Å². The van der Waals surface area contributed by atoms with Crippen LogP contribution in [0.4, 0.5) is 0 Å². The summed E-state index contributed by atoms with van der Waals surface area (Å²) < 4.78 is 11.5. The van der Waals surface area contributed by atoms with E-state index in [2.05, 4.69) is 36.7 Å². The summed E-state index contributed by atoms with van der Waals surface area (Å²) in [5, 5.41) is 1.30. The van der Waals surface area contributed by atoms with Crippen LogP contribution < -0.4 is 20.3 Å². The third kappa shape index (κ3) is 4.37. The van der Waals surface area contributed by atoms with Gasteiger partial charge in [0.15, 0.2) is 0 Å². The van der Waals surface area contributed by atoms with E-state index >= 15 is 0 Å². The zero-order valence-electron chi connectivity index (χ0n) is 17.5. The number of fused-ring (bicyclic) bond motifs is 1. The fourth-order valence-corrected chi connectivity index (χ4v) is 4.03. The molecule has 0 spiro atoms. The van der Waals surface area contributed by atoms with Gasteiger partial charge in [-0.2, -0.15) is 0 Å². The highest BCUT2D eigenvalue weighted by Crippen LogP contribution is 2.41. The standard InChI is InChI=1S/C23H18BrClN4O4/c1-32-17-9-18(33-2)20(23(31)29-28-22(30)14-7-8-26-11-16(14)24)21-19(17)15(10-27-21)12-3-5-13(25)6-4-12/h3-11,27H,1-2H3,(H,28,30)(H,29,31). The van der Waals surface area contributed by atoms with Crippen molar-refractivity contribution in [1.82, 2.24) is 20.8 Å². The van der Waals surface area contributed by atoms with Gasteiger partial charge in [-0.3, -0.25) is 25.4 Å². The molecule has 10 heteroatoms. The van der Waals surface area contributed by atoms with E-state index in [0.29, 0.717) is 31.7 Å². The van der Waals surface area contributed by atoms with Crippen molar-refractivity contribution in [3.63, 3.8) is 0 Å². The van der Waals surface area contributed by atoms with Crippen LogP contribution in [0.1, 0.15) is 20.7 Å². The summed E-state index contributed by atoms with van der Waals surface area (Å²) in [6.07, 6.45) is 4.75. The van der Waals surface area contributed by atoms with Gasteiger partial charge in [-0.25, -0.2) is 0 Å². The van der Waals surface area contributed by atoms with Crippen LogP contribution in [0.3, 0.4) is 0 Å². The molecule has 33 heavy (non-hydrogen) atoms. The van der Waals surface area contributed by atoms with Crippen LogP contribution in [-0.4, -0.2) is 36.0 Å². The summed E-state index contributed by atoms with van der Waals surface area (Å²) in [5.74, 6) is -0.271. The molecule has 2 aromatic heterocycles. The number of halogens is 2. The highest BCUT2D eigenvalue weighted by molar-refractivity contribution is 9.10.